The first-order valence-electron chi connectivity index (χ1n) is 5.09. The number of carbonyl (C=O) groups is 2. The van der Waals surface area contributed by atoms with E-state index in [0.29, 0.717) is 5.69 Å². The lowest BCUT2D eigenvalue weighted by Gasteiger charge is -2.04. The first-order chi connectivity index (χ1) is 8.04. The van der Waals surface area contributed by atoms with Gasteiger partial charge in [-0.05, 0) is 19.1 Å². The molecule has 0 spiro atoms. The number of hydrogen-bond acceptors (Lipinski definition) is 4. The van der Waals surface area contributed by atoms with Gasteiger partial charge in [-0.1, -0.05) is 0 Å². The van der Waals surface area contributed by atoms with E-state index in [-0.39, 0.29) is 18.5 Å². The van der Waals surface area contributed by atoms with Crippen molar-refractivity contribution >= 4 is 11.9 Å². The summed E-state index contributed by atoms with van der Waals surface area (Å²) in [5, 5.41) is 2.46. The molecule has 17 heavy (non-hydrogen) atoms. The predicted molar refractivity (Wildman–Crippen MR) is 60.8 cm³/mol. The Balaban J connectivity index is 2.59. The first kappa shape index (κ1) is 13.0. The largest absolute Gasteiger partial charge is 0.469 e. The maximum absolute atomic E-state index is 11.6. The molecule has 1 amide bonds. The maximum atomic E-state index is 11.6. The molecule has 0 aliphatic carbocycles. The van der Waals surface area contributed by atoms with Crippen LogP contribution in [0.4, 0.5) is 0 Å². The van der Waals surface area contributed by atoms with Crippen molar-refractivity contribution in [3.63, 3.8) is 0 Å². The molecule has 0 saturated carbocycles. The molecule has 1 aromatic rings. The normalized spacial score (nSPS) is 9.76. The highest BCUT2D eigenvalue weighted by atomic mass is 16.5. The van der Waals surface area contributed by atoms with Crippen LogP contribution in [0.25, 0.3) is 0 Å². The summed E-state index contributed by atoms with van der Waals surface area (Å²) in [6.07, 6.45) is 0.0754. The average molecular weight is 238 g/mol. The Bertz CT molecular complexity index is 479. The number of aryl methyl sites for hydroxylation is 1. The Hall–Kier alpha value is -2.11. The van der Waals surface area contributed by atoms with E-state index in [1.54, 1.807) is 13.0 Å². The number of esters is 1. The molecule has 0 saturated heterocycles. The standard InChI is InChI=1S/C11H14N2O4/c1-7-3-4-8(11(16)13-7)10(15)12-6-5-9(14)17-2/h3-4H,5-6H2,1-2H3,(H,12,15)(H,13,16). The second-order valence-electron chi connectivity index (χ2n) is 3.47. The van der Waals surface area contributed by atoms with Gasteiger partial charge in [-0.2, -0.15) is 0 Å². The van der Waals surface area contributed by atoms with Gasteiger partial charge in [-0.25, -0.2) is 0 Å². The molecule has 0 aliphatic heterocycles. The summed E-state index contributed by atoms with van der Waals surface area (Å²) in [4.78, 5) is 36.3. The summed E-state index contributed by atoms with van der Waals surface area (Å²) in [5.74, 6) is -0.918. The molecular formula is C11H14N2O4. The van der Waals surface area contributed by atoms with E-state index >= 15 is 0 Å². The minimum absolute atomic E-state index is 0.0282. The van der Waals surface area contributed by atoms with Gasteiger partial charge in [0.1, 0.15) is 5.56 Å². The molecule has 1 heterocycles. The lowest BCUT2D eigenvalue weighted by molar-refractivity contribution is -0.140. The van der Waals surface area contributed by atoms with Crippen LogP contribution in [0.15, 0.2) is 16.9 Å². The average Bonchev–Trinajstić information content (AvgIpc) is 2.28. The number of hydrogen-bond donors (Lipinski definition) is 2. The third-order valence-electron chi connectivity index (χ3n) is 2.14. The smallest absolute Gasteiger partial charge is 0.307 e. The van der Waals surface area contributed by atoms with E-state index in [9.17, 15) is 14.4 Å². The lowest BCUT2D eigenvalue weighted by atomic mass is 10.2. The molecule has 0 fully saturated rings. The van der Waals surface area contributed by atoms with Crippen LogP contribution in [0.2, 0.25) is 0 Å². The van der Waals surface area contributed by atoms with Crippen LogP contribution >= 0.6 is 0 Å². The molecule has 1 rings (SSSR count). The Kier molecular flexibility index (Phi) is 4.45. The van der Waals surface area contributed by atoms with Crippen LogP contribution in [-0.2, 0) is 9.53 Å². The number of amides is 1. The molecule has 6 nitrogen and oxygen atoms in total. The SMILES string of the molecule is COC(=O)CCNC(=O)c1ccc(C)[nH]c1=O. The van der Waals surface area contributed by atoms with Crippen molar-refractivity contribution in [1.29, 1.82) is 0 Å². The number of rotatable bonds is 4. The van der Waals surface area contributed by atoms with Gasteiger partial charge >= 0.3 is 5.97 Å². The van der Waals surface area contributed by atoms with E-state index in [0.717, 1.165) is 0 Å². The van der Waals surface area contributed by atoms with E-state index in [1.165, 1.54) is 13.2 Å². The number of H-pyrrole nitrogens is 1. The fourth-order valence-corrected chi connectivity index (χ4v) is 1.23. The van der Waals surface area contributed by atoms with Gasteiger partial charge in [0.2, 0.25) is 0 Å². The highest BCUT2D eigenvalue weighted by molar-refractivity contribution is 5.93. The topological polar surface area (TPSA) is 88.3 Å². The van der Waals surface area contributed by atoms with E-state index in [2.05, 4.69) is 15.0 Å². The zero-order valence-corrected chi connectivity index (χ0v) is 9.70. The third-order valence-corrected chi connectivity index (χ3v) is 2.14. The Morgan fingerprint density at radius 2 is 2.12 bits per heavy atom. The molecule has 0 radical (unpaired) electrons. The van der Waals surface area contributed by atoms with Gasteiger partial charge in [0, 0.05) is 12.2 Å². The Labute approximate surface area is 98.0 Å². The first-order valence-corrected chi connectivity index (χ1v) is 5.09. The molecule has 0 unspecified atom stereocenters. The van der Waals surface area contributed by atoms with Crippen molar-refractivity contribution in [3.8, 4) is 0 Å². The second-order valence-corrected chi connectivity index (χ2v) is 3.47. The molecule has 2 N–H and O–H groups in total. The number of ether oxygens (including phenoxy) is 1. The number of pyridine rings is 1. The van der Waals surface area contributed by atoms with E-state index in [1.807, 2.05) is 0 Å². The molecule has 0 atom stereocenters. The van der Waals surface area contributed by atoms with Crippen LogP contribution in [0, 0.1) is 6.92 Å². The summed E-state index contributed by atoms with van der Waals surface area (Å²) < 4.78 is 4.42. The van der Waals surface area contributed by atoms with Crippen molar-refractivity contribution in [2.45, 2.75) is 13.3 Å². The van der Waals surface area contributed by atoms with Crippen LogP contribution < -0.4 is 10.9 Å². The number of nitrogens with one attached hydrogen (secondary N) is 2. The number of aromatic amines is 1. The lowest BCUT2D eigenvalue weighted by Crippen LogP contribution is -2.31. The summed E-state index contributed by atoms with van der Waals surface area (Å²) in [7, 11) is 1.27. The second kappa shape index (κ2) is 5.83. The van der Waals surface area contributed by atoms with Crippen molar-refractivity contribution in [2.24, 2.45) is 0 Å². The van der Waals surface area contributed by atoms with E-state index in [4.69, 9.17) is 0 Å². The Morgan fingerprint density at radius 3 is 2.71 bits per heavy atom. The monoisotopic (exact) mass is 238 g/mol. The molecule has 6 heteroatoms. The number of methoxy groups -OCH3 is 1. The van der Waals surface area contributed by atoms with Crippen LogP contribution in [0.5, 0.6) is 0 Å². The molecule has 0 aromatic carbocycles. The molecular weight excluding hydrogens is 224 g/mol. The van der Waals surface area contributed by atoms with Crippen molar-refractivity contribution in [3.05, 3.63) is 33.7 Å². The van der Waals surface area contributed by atoms with Crippen LogP contribution in [0.1, 0.15) is 22.5 Å². The van der Waals surface area contributed by atoms with Crippen LogP contribution in [-0.4, -0.2) is 30.5 Å². The van der Waals surface area contributed by atoms with Gasteiger partial charge in [-0.3, -0.25) is 14.4 Å². The minimum Gasteiger partial charge on any atom is -0.469 e. The quantitative estimate of drug-likeness (QED) is 0.721. The highest BCUT2D eigenvalue weighted by Crippen LogP contribution is 1.93. The third kappa shape index (κ3) is 3.75. The van der Waals surface area contributed by atoms with Gasteiger partial charge in [0.25, 0.3) is 11.5 Å². The van der Waals surface area contributed by atoms with Crippen molar-refractivity contribution in [1.82, 2.24) is 10.3 Å². The Morgan fingerprint density at radius 1 is 1.41 bits per heavy atom. The zero-order chi connectivity index (χ0) is 12.8. The molecule has 0 bridgehead atoms. The van der Waals surface area contributed by atoms with Gasteiger partial charge in [0.15, 0.2) is 0 Å². The summed E-state index contributed by atoms with van der Waals surface area (Å²) in [6, 6.07) is 3.08. The summed E-state index contributed by atoms with van der Waals surface area (Å²) >= 11 is 0. The maximum Gasteiger partial charge on any atom is 0.307 e. The van der Waals surface area contributed by atoms with Gasteiger partial charge in [0.05, 0.1) is 13.5 Å². The molecule has 0 aliphatic rings. The van der Waals surface area contributed by atoms with Crippen molar-refractivity contribution in [2.75, 3.05) is 13.7 Å². The van der Waals surface area contributed by atoms with Gasteiger partial charge < -0.3 is 15.0 Å². The fraction of sp³-hybridized carbons (Fsp3) is 0.364. The molecule has 1 aromatic heterocycles. The summed E-state index contributed by atoms with van der Waals surface area (Å²) in [6.45, 7) is 1.86. The summed E-state index contributed by atoms with van der Waals surface area (Å²) in [5.41, 5.74) is 0.266. The number of aromatic nitrogens is 1. The van der Waals surface area contributed by atoms with Crippen LogP contribution in [0.3, 0.4) is 0 Å². The molecule has 92 valence electrons. The van der Waals surface area contributed by atoms with Crippen molar-refractivity contribution < 1.29 is 14.3 Å². The van der Waals surface area contributed by atoms with Gasteiger partial charge in [-0.15, -0.1) is 0 Å². The number of carbonyl (C=O) groups excluding carboxylic acids is 2. The fourth-order valence-electron chi connectivity index (χ4n) is 1.23. The highest BCUT2D eigenvalue weighted by Gasteiger charge is 2.10. The van der Waals surface area contributed by atoms with E-state index < -0.39 is 17.4 Å². The zero-order valence-electron chi connectivity index (χ0n) is 9.70. The minimum atomic E-state index is -0.504. The predicted octanol–water partition coefficient (Wildman–Crippen LogP) is -0.0238.